The van der Waals surface area contributed by atoms with Gasteiger partial charge in [0.15, 0.2) is 0 Å². The molecule has 0 aliphatic carbocycles. The number of hydrogen-bond donors (Lipinski definition) is 1. The zero-order valence-corrected chi connectivity index (χ0v) is 4.87. The molecule has 2 nitrogen and oxygen atoms in total. The lowest BCUT2D eigenvalue weighted by Gasteiger charge is -1.81. The third-order valence-corrected chi connectivity index (χ3v) is 0.861. The van der Waals surface area contributed by atoms with Crippen LogP contribution in [0.4, 0.5) is 0 Å². The Labute approximate surface area is 47.7 Å². The second-order valence-corrected chi connectivity index (χ2v) is 1.42. The maximum absolute atomic E-state index is 6.44. The number of halogens is 1. The molecular formula is C4H7ClN2. The summed E-state index contributed by atoms with van der Waals surface area (Å²) in [6.45, 7) is 1.88. The second-order valence-electron chi connectivity index (χ2n) is 0.988. The van der Waals surface area contributed by atoms with Crippen molar-refractivity contribution in [2.45, 2.75) is 13.3 Å². The number of nitrogens with zero attached hydrogens (tertiary/aromatic N) is 1. The summed E-state index contributed by atoms with van der Waals surface area (Å²) in [5.41, 5.74) is 0. The molecule has 0 unspecified atom stereocenters. The van der Waals surface area contributed by atoms with Crippen molar-refractivity contribution < 1.29 is 0 Å². The van der Waals surface area contributed by atoms with E-state index in [1.165, 1.54) is 0 Å². The largest absolute Gasteiger partial charge is 0.289 e. The molecular weight excluding hydrogens is 112 g/mol. The molecule has 0 spiro atoms. The van der Waals surface area contributed by atoms with Crippen molar-refractivity contribution in [3.8, 4) is 0 Å². The zero-order chi connectivity index (χ0) is 5.70. The van der Waals surface area contributed by atoms with E-state index in [1.807, 2.05) is 6.92 Å². The minimum atomic E-state index is 0.481. The number of aliphatic imine (C=N–C) groups is 1. The molecule has 0 atom stereocenters. The van der Waals surface area contributed by atoms with Gasteiger partial charge in [-0.3, -0.25) is 5.41 Å². The molecule has 7 heavy (non-hydrogen) atoms. The monoisotopic (exact) mass is 118 g/mol. The van der Waals surface area contributed by atoms with Crippen molar-refractivity contribution in [3.05, 3.63) is 0 Å². The summed E-state index contributed by atoms with van der Waals surface area (Å²) in [5, 5.41) is 6.92. The van der Waals surface area contributed by atoms with Crippen LogP contribution in [0.1, 0.15) is 13.3 Å². The third kappa shape index (κ3) is 3.46. The molecule has 1 N–H and O–H groups in total. The minimum Gasteiger partial charge on any atom is -0.289 e. The van der Waals surface area contributed by atoms with E-state index in [9.17, 15) is 0 Å². The number of nitrogens with one attached hydrogen (secondary N) is 1. The summed E-state index contributed by atoms with van der Waals surface area (Å²) < 4.78 is 0. The van der Waals surface area contributed by atoms with Crippen LogP contribution >= 0.6 is 11.6 Å². The van der Waals surface area contributed by atoms with Crippen molar-refractivity contribution in [1.82, 2.24) is 0 Å². The molecule has 0 saturated carbocycles. The average Bonchev–Trinajstić information content (AvgIpc) is 1.68. The first-order valence-corrected chi connectivity index (χ1v) is 2.40. The summed E-state index contributed by atoms with van der Waals surface area (Å²) in [4.78, 5) is 3.47. The van der Waals surface area contributed by atoms with Crippen LogP contribution in [0.2, 0.25) is 0 Å². The Kier molecular flexibility index (Phi) is 3.61. The summed E-state index contributed by atoms with van der Waals surface area (Å²) in [6.07, 6.45) is 1.64. The molecule has 0 saturated heterocycles. The van der Waals surface area contributed by atoms with Crippen LogP contribution in [0.25, 0.3) is 0 Å². The van der Waals surface area contributed by atoms with Crippen molar-refractivity contribution in [2.75, 3.05) is 0 Å². The lowest BCUT2D eigenvalue weighted by atomic mass is 10.5. The molecule has 0 amide bonds. The summed E-state index contributed by atoms with van der Waals surface area (Å²) in [7, 11) is 0. The molecule has 0 aromatic carbocycles. The van der Waals surface area contributed by atoms with Gasteiger partial charge in [0.05, 0.1) is 0 Å². The van der Waals surface area contributed by atoms with Crippen LogP contribution in [0, 0.1) is 5.41 Å². The van der Waals surface area contributed by atoms with Crippen molar-refractivity contribution in [3.63, 3.8) is 0 Å². The molecule has 0 aliphatic heterocycles. The second kappa shape index (κ2) is 3.81. The van der Waals surface area contributed by atoms with Crippen LogP contribution in [0.3, 0.4) is 0 Å². The van der Waals surface area contributed by atoms with Crippen molar-refractivity contribution >= 4 is 23.1 Å². The lowest BCUT2D eigenvalue weighted by Crippen LogP contribution is -1.80. The highest BCUT2D eigenvalue weighted by Crippen LogP contribution is 1.87. The van der Waals surface area contributed by atoms with Gasteiger partial charge in [-0.2, -0.15) is 0 Å². The van der Waals surface area contributed by atoms with Crippen LogP contribution in [-0.2, 0) is 0 Å². The minimum absolute atomic E-state index is 0.481. The van der Waals surface area contributed by atoms with Gasteiger partial charge in [0, 0.05) is 0 Å². The maximum atomic E-state index is 6.44. The van der Waals surface area contributed by atoms with E-state index in [-0.39, 0.29) is 0 Å². The maximum Gasteiger partial charge on any atom is 0.108 e. The molecule has 0 radical (unpaired) electrons. The van der Waals surface area contributed by atoms with Gasteiger partial charge < -0.3 is 0 Å². The normalized spacial score (nSPS) is 11.4. The van der Waals surface area contributed by atoms with Gasteiger partial charge in [-0.1, -0.05) is 18.5 Å². The van der Waals surface area contributed by atoms with Gasteiger partial charge in [-0.05, 0) is 6.42 Å². The van der Waals surface area contributed by atoms with E-state index in [2.05, 4.69) is 4.99 Å². The number of rotatable bonds is 2. The van der Waals surface area contributed by atoms with E-state index < -0.39 is 0 Å². The molecule has 0 aromatic rings. The molecule has 0 aliphatic rings. The van der Waals surface area contributed by atoms with Crippen LogP contribution < -0.4 is 0 Å². The van der Waals surface area contributed by atoms with Gasteiger partial charge in [-0.25, -0.2) is 4.99 Å². The summed E-state index contributed by atoms with van der Waals surface area (Å²) >= 11 is 5.36. The first-order chi connectivity index (χ1) is 3.31. The molecule has 3 heteroatoms. The zero-order valence-electron chi connectivity index (χ0n) is 4.11. The lowest BCUT2D eigenvalue weighted by molar-refractivity contribution is 1.31. The summed E-state index contributed by atoms with van der Waals surface area (Å²) in [5.74, 6) is 0. The predicted octanol–water partition coefficient (Wildman–Crippen LogP) is 1.64. The first kappa shape index (κ1) is 6.63. The van der Waals surface area contributed by atoms with E-state index in [4.69, 9.17) is 17.0 Å². The molecule has 0 heterocycles. The van der Waals surface area contributed by atoms with Gasteiger partial charge in [-0.15, -0.1) is 0 Å². The standard InChI is InChI=1S/C4H7ClN2/c1-2-4(5)7-3-6/h3,6H,2H2,1H3. The van der Waals surface area contributed by atoms with Gasteiger partial charge in [0.25, 0.3) is 0 Å². The van der Waals surface area contributed by atoms with Gasteiger partial charge in [0.2, 0.25) is 0 Å². The topological polar surface area (TPSA) is 36.2 Å². The quantitative estimate of drug-likeness (QED) is 0.423. The van der Waals surface area contributed by atoms with Gasteiger partial charge >= 0.3 is 0 Å². The molecule has 0 bridgehead atoms. The predicted molar refractivity (Wildman–Crippen MR) is 32.4 cm³/mol. The Morgan fingerprint density at radius 3 is 2.71 bits per heavy atom. The van der Waals surface area contributed by atoms with Crippen LogP contribution in [-0.4, -0.2) is 11.5 Å². The van der Waals surface area contributed by atoms with Crippen molar-refractivity contribution in [2.24, 2.45) is 4.99 Å². The van der Waals surface area contributed by atoms with E-state index in [0.717, 1.165) is 6.34 Å². The highest BCUT2D eigenvalue weighted by molar-refractivity contribution is 6.65. The average molecular weight is 119 g/mol. The highest BCUT2D eigenvalue weighted by atomic mass is 35.5. The van der Waals surface area contributed by atoms with E-state index in [1.54, 1.807) is 0 Å². The first-order valence-electron chi connectivity index (χ1n) is 2.02. The Morgan fingerprint density at radius 2 is 2.57 bits per heavy atom. The van der Waals surface area contributed by atoms with Crippen LogP contribution in [0.15, 0.2) is 4.99 Å². The fourth-order valence-corrected chi connectivity index (χ4v) is 0.210. The number of hydrogen-bond acceptors (Lipinski definition) is 1. The molecule has 40 valence electrons. The fraction of sp³-hybridized carbons (Fsp3) is 0.500. The molecule has 0 aromatic heterocycles. The van der Waals surface area contributed by atoms with Crippen molar-refractivity contribution in [1.29, 1.82) is 5.41 Å². The van der Waals surface area contributed by atoms with E-state index >= 15 is 0 Å². The van der Waals surface area contributed by atoms with E-state index in [0.29, 0.717) is 11.6 Å². The molecule has 0 fully saturated rings. The van der Waals surface area contributed by atoms with Crippen LogP contribution in [0.5, 0.6) is 0 Å². The Hall–Kier alpha value is -0.370. The van der Waals surface area contributed by atoms with Gasteiger partial charge in [0.1, 0.15) is 11.5 Å². The fourth-order valence-electron chi connectivity index (χ4n) is 0.161. The molecule has 0 rings (SSSR count). The Bertz CT molecular complexity index is 87.7. The smallest absolute Gasteiger partial charge is 0.108 e. The Morgan fingerprint density at radius 1 is 2.00 bits per heavy atom. The highest BCUT2D eigenvalue weighted by Gasteiger charge is 1.81. The SMILES string of the molecule is CCC(Cl)=NC=N. The summed E-state index contributed by atoms with van der Waals surface area (Å²) in [6, 6.07) is 0. The third-order valence-electron chi connectivity index (χ3n) is 0.496. The Balaban J connectivity index is 3.49.